The number of carbonyl (C=O) groups excluding carboxylic acids is 1. The van der Waals surface area contributed by atoms with Crippen molar-refractivity contribution in [2.45, 2.75) is 388 Å². The molecule has 0 aromatic heterocycles. The Balaban J connectivity index is 1.40. The smallest absolute Gasteiger partial charge is 0.220 e. The molecule has 0 radical (unpaired) electrons. The predicted molar refractivity (Wildman–Crippen MR) is 337 cm³/mol. The number of aliphatic hydroxyl groups excluding tert-OH is 11. The summed E-state index contributed by atoms with van der Waals surface area (Å²) >= 11 is 0. The van der Waals surface area contributed by atoms with E-state index >= 15 is 0 Å². The fourth-order valence-electron chi connectivity index (χ4n) is 12.3. The van der Waals surface area contributed by atoms with Crippen molar-refractivity contribution < 1.29 is 89.4 Å². The minimum Gasteiger partial charge on any atom is -0.394 e. The van der Waals surface area contributed by atoms with E-state index in [-0.39, 0.29) is 18.9 Å². The number of unbranched alkanes of at least 4 members (excludes halogenated alkanes) is 37. The quantitative estimate of drug-likeness (QED) is 0.0199. The maximum absolute atomic E-state index is 13.4. The zero-order valence-corrected chi connectivity index (χ0v) is 54.3. The van der Waals surface area contributed by atoms with Crippen LogP contribution in [0.3, 0.4) is 0 Å². The third-order valence-electron chi connectivity index (χ3n) is 18.1. The van der Waals surface area contributed by atoms with Gasteiger partial charge < -0.3 is 89.9 Å². The Kier molecular flexibility index (Phi) is 46.8. The molecule has 19 nitrogen and oxygen atoms in total. The number of rotatable bonds is 55. The molecule has 3 fully saturated rings. The minimum atomic E-state index is -1.97. The summed E-state index contributed by atoms with van der Waals surface area (Å²) in [5.41, 5.74) is 0. The van der Waals surface area contributed by atoms with Crippen LogP contribution < -0.4 is 5.32 Å². The van der Waals surface area contributed by atoms with Gasteiger partial charge in [-0.15, -0.1) is 0 Å². The lowest BCUT2D eigenvalue weighted by Crippen LogP contribution is -2.66. The van der Waals surface area contributed by atoms with Crippen molar-refractivity contribution in [3.63, 3.8) is 0 Å². The number of hydrogen-bond acceptors (Lipinski definition) is 18. The summed E-state index contributed by atoms with van der Waals surface area (Å²) in [6, 6.07) is -0.889. The van der Waals surface area contributed by atoms with Crippen molar-refractivity contribution >= 4 is 5.91 Å². The summed E-state index contributed by atoms with van der Waals surface area (Å²) in [6.45, 7) is 1.82. The lowest BCUT2D eigenvalue weighted by Gasteiger charge is -2.48. The Hall–Kier alpha value is -1.47. The number of aliphatic hydroxyl groups is 11. The van der Waals surface area contributed by atoms with Gasteiger partial charge in [-0.2, -0.15) is 0 Å². The standard InChI is InChI=1S/C68H129NO18/c1-3-5-7-9-11-13-15-17-19-20-21-22-23-24-25-26-27-28-29-30-32-33-35-37-39-41-43-45-52(73)51(69-56(74)46-44-42-40-38-36-34-31-18-16-14-12-10-8-6-4-2)50-82-66-62(80)59(77)64(54(48-71)84-66)87-68-63(81)60(78)65(55(49-72)85-68)86-67-61(79)58(76)57(75)53(47-70)83-67/h18,31,51-55,57-68,70-73,75-81H,3-17,19-30,32-50H2,1-2H3,(H,69,74)/b31-18-. The highest BCUT2D eigenvalue weighted by Gasteiger charge is 2.53. The molecule has 0 spiro atoms. The first-order valence-corrected chi connectivity index (χ1v) is 35.4. The van der Waals surface area contributed by atoms with E-state index in [1.807, 2.05) is 0 Å². The first-order valence-electron chi connectivity index (χ1n) is 35.4. The monoisotopic (exact) mass is 1250 g/mol. The van der Waals surface area contributed by atoms with Gasteiger partial charge >= 0.3 is 0 Å². The number of allylic oxidation sites excluding steroid dienone is 2. The first-order chi connectivity index (χ1) is 42.3. The van der Waals surface area contributed by atoms with Gasteiger partial charge in [0.25, 0.3) is 0 Å². The second-order valence-electron chi connectivity index (χ2n) is 25.7. The molecule has 1 amide bonds. The zero-order chi connectivity index (χ0) is 63.3. The average molecular weight is 1250 g/mol. The van der Waals surface area contributed by atoms with Crippen LogP contribution in [-0.4, -0.2) is 193 Å². The normalized spacial score (nSPS) is 28.6. The Labute approximate surface area is 525 Å². The first kappa shape index (κ1) is 79.8. The maximum Gasteiger partial charge on any atom is 0.220 e. The summed E-state index contributed by atoms with van der Waals surface area (Å²) < 4.78 is 34.4. The second-order valence-corrected chi connectivity index (χ2v) is 25.7. The van der Waals surface area contributed by atoms with Gasteiger partial charge in [-0.25, -0.2) is 0 Å². The van der Waals surface area contributed by atoms with Gasteiger partial charge in [-0.1, -0.05) is 251 Å². The van der Waals surface area contributed by atoms with Gasteiger partial charge in [0.2, 0.25) is 5.91 Å². The maximum atomic E-state index is 13.4. The Bertz CT molecular complexity index is 1630. The lowest BCUT2D eigenvalue weighted by molar-refractivity contribution is -0.379. The molecule has 0 aliphatic carbocycles. The third-order valence-corrected chi connectivity index (χ3v) is 18.1. The molecule has 12 N–H and O–H groups in total. The van der Waals surface area contributed by atoms with Crippen molar-refractivity contribution in [3.05, 3.63) is 12.2 Å². The summed E-state index contributed by atoms with van der Waals surface area (Å²) in [6.07, 6.45) is 28.7. The molecule has 514 valence electrons. The Morgan fingerprint density at radius 1 is 0.402 bits per heavy atom. The highest BCUT2D eigenvalue weighted by molar-refractivity contribution is 5.76. The van der Waals surface area contributed by atoms with Crippen LogP contribution in [0.1, 0.15) is 284 Å². The largest absolute Gasteiger partial charge is 0.394 e. The molecular formula is C68H129NO18. The van der Waals surface area contributed by atoms with E-state index in [9.17, 15) is 61.0 Å². The minimum absolute atomic E-state index is 0.248. The third kappa shape index (κ3) is 33.3. The molecule has 3 saturated heterocycles. The van der Waals surface area contributed by atoms with E-state index in [0.29, 0.717) is 12.8 Å². The van der Waals surface area contributed by atoms with E-state index in [4.69, 9.17) is 28.4 Å². The van der Waals surface area contributed by atoms with Gasteiger partial charge in [0.05, 0.1) is 38.6 Å². The summed E-state index contributed by atoms with van der Waals surface area (Å²) in [7, 11) is 0. The van der Waals surface area contributed by atoms with E-state index in [2.05, 4.69) is 31.3 Å². The highest BCUT2D eigenvalue weighted by Crippen LogP contribution is 2.33. The molecule has 87 heavy (non-hydrogen) atoms. The molecule has 3 aliphatic rings. The van der Waals surface area contributed by atoms with E-state index < -0.39 is 124 Å². The van der Waals surface area contributed by atoms with Crippen molar-refractivity contribution in [2.75, 3.05) is 26.4 Å². The second kappa shape index (κ2) is 51.0. The van der Waals surface area contributed by atoms with Crippen molar-refractivity contribution in [1.29, 1.82) is 0 Å². The van der Waals surface area contributed by atoms with Gasteiger partial charge in [0, 0.05) is 6.42 Å². The summed E-state index contributed by atoms with van der Waals surface area (Å²) in [4.78, 5) is 13.4. The van der Waals surface area contributed by atoms with E-state index in [0.717, 1.165) is 64.2 Å². The molecule has 0 saturated carbocycles. The van der Waals surface area contributed by atoms with Crippen molar-refractivity contribution in [2.24, 2.45) is 0 Å². The van der Waals surface area contributed by atoms with E-state index in [1.54, 1.807) is 0 Å². The molecule has 0 bridgehead atoms. The number of ether oxygens (including phenoxy) is 6. The number of amides is 1. The van der Waals surface area contributed by atoms with Gasteiger partial charge in [0.15, 0.2) is 18.9 Å². The molecule has 3 aliphatic heterocycles. The van der Waals surface area contributed by atoms with Crippen LogP contribution in [0.2, 0.25) is 0 Å². The summed E-state index contributed by atoms with van der Waals surface area (Å²) in [5, 5.41) is 121. The van der Waals surface area contributed by atoms with Crippen LogP contribution in [-0.2, 0) is 33.2 Å². The highest BCUT2D eigenvalue weighted by atomic mass is 16.8. The van der Waals surface area contributed by atoms with Crippen LogP contribution in [0.15, 0.2) is 12.2 Å². The Morgan fingerprint density at radius 3 is 1.11 bits per heavy atom. The fourth-order valence-corrected chi connectivity index (χ4v) is 12.3. The molecule has 17 unspecified atom stereocenters. The zero-order valence-electron chi connectivity index (χ0n) is 54.3. The van der Waals surface area contributed by atoms with Crippen molar-refractivity contribution in [1.82, 2.24) is 5.32 Å². The molecule has 19 heteroatoms. The molecule has 17 atom stereocenters. The fraction of sp³-hybridized carbons (Fsp3) is 0.956. The molecule has 3 heterocycles. The molecule has 3 rings (SSSR count). The van der Waals surface area contributed by atoms with Gasteiger partial charge in [-0.3, -0.25) is 4.79 Å². The Morgan fingerprint density at radius 2 is 0.724 bits per heavy atom. The SMILES string of the molecule is CCCCCCCC/C=C\CCCCCCCC(=O)NC(COC1OC(CO)C(OC2OC(CO)C(OC3OC(CO)C(O)C(O)C3O)C(O)C2O)C(O)C1O)C(O)CCCCCCCCCCCCCCCCCCCCCCCCCCCCC. The molecular weight excluding hydrogens is 1120 g/mol. The number of carbonyl (C=O) groups is 1. The summed E-state index contributed by atoms with van der Waals surface area (Å²) in [5.74, 6) is -0.248. The number of nitrogens with one attached hydrogen (secondary N) is 1. The average Bonchev–Trinajstić information content (AvgIpc) is 2.90. The molecule has 0 aromatic carbocycles. The van der Waals surface area contributed by atoms with Gasteiger partial charge in [0.1, 0.15) is 73.2 Å². The van der Waals surface area contributed by atoms with Crippen LogP contribution >= 0.6 is 0 Å². The lowest BCUT2D eigenvalue weighted by atomic mass is 9.96. The number of hydrogen-bond donors (Lipinski definition) is 12. The predicted octanol–water partition coefficient (Wildman–Crippen LogP) is 9.28. The topological polar surface area (TPSA) is 307 Å². The van der Waals surface area contributed by atoms with Crippen LogP contribution in [0.25, 0.3) is 0 Å². The van der Waals surface area contributed by atoms with E-state index in [1.165, 1.54) is 186 Å². The van der Waals surface area contributed by atoms with Crippen LogP contribution in [0.5, 0.6) is 0 Å². The van der Waals surface area contributed by atoms with Gasteiger partial charge in [-0.05, 0) is 38.5 Å². The van der Waals surface area contributed by atoms with Crippen LogP contribution in [0.4, 0.5) is 0 Å². The van der Waals surface area contributed by atoms with Crippen LogP contribution in [0, 0.1) is 0 Å². The molecule has 0 aromatic rings. The van der Waals surface area contributed by atoms with Crippen molar-refractivity contribution in [3.8, 4) is 0 Å².